The molecule has 2 aliphatic rings. The lowest BCUT2D eigenvalue weighted by Crippen LogP contribution is -2.35. The van der Waals surface area contributed by atoms with Gasteiger partial charge < -0.3 is 4.57 Å². The highest BCUT2D eigenvalue weighted by Crippen LogP contribution is 2.33. The van der Waals surface area contributed by atoms with Crippen molar-refractivity contribution in [3.05, 3.63) is 93.3 Å². The van der Waals surface area contributed by atoms with E-state index in [-0.39, 0.29) is 11.4 Å². The summed E-state index contributed by atoms with van der Waals surface area (Å²) in [6, 6.07) is 16.3. The minimum Gasteiger partial charge on any atom is -0.318 e. The molecule has 6 nitrogen and oxygen atoms in total. The topological polar surface area (TPSA) is 73.8 Å². The predicted octanol–water partition coefficient (Wildman–Crippen LogP) is 5.69. The Kier molecular flexibility index (Phi) is 5.37. The monoisotopic (exact) mass is 467 g/mol. The first-order valence-corrected chi connectivity index (χ1v) is 11.9. The second-order valence-electron chi connectivity index (χ2n) is 8.62. The molecule has 1 amide bonds. The van der Waals surface area contributed by atoms with E-state index in [1.807, 2.05) is 44.2 Å². The molecule has 5 rings (SSSR count). The molecule has 2 aliphatic heterocycles. The SMILES string of the molecule is Cc1ccccc1C1=NN2C(=N)C(=Cc3cc(C)n(-c4cccc(C)c4C)c3C)C(=O)N=C2S1. The van der Waals surface area contributed by atoms with Crippen molar-refractivity contribution in [1.82, 2.24) is 9.58 Å². The van der Waals surface area contributed by atoms with E-state index in [1.165, 1.54) is 27.9 Å². The Morgan fingerprint density at radius 2 is 1.71 bits per heavy atom. The van der Waals surface area contributed by atoms with Crippen molar-refractivity contribution in [3.63, 3.8) is 0 Å². The van der Waals surface area contributed by atoms with Gasteiger partial charge >= 0.3 is 0 Å². The molecule has 2 aromatic carbocycles. The number of benzene rings is 2. The summed E-state index contributed by atoms with van der Waals surface area (Å²) >= 11 is 1.32. The number of nitrogens with zero attached hydrogens (tertiary/aromatic N) is 4. The van der Waals surface area contributed by atoms with Gasteiger partial charge in [-0.25, -0.2) is 0 Å². The Morgan fingerprint density at radius 3 is 2.47 bits per heavy atom. The van der Waals surface area contributed by atoms with Crippen molar-refractivity contribution >= 4 is 39.8 Å². The number of aliphatic imine (C=N–C) groups is 1. The first-order chi connectivity index (χ1) is 16.3. The maximum absolute atomic E-state index is 12.9. The molecule has 7 heteroatoms. The predicted molar refractivity (Wildman–Crippen MR) is 140 cm³/mol. The van der Waals surface area contributed by atoms with E-state index in [0.29, 0.717) is 5.17 Å². The average molecular weight is 468 g/mol. The van der Waals surface area contributed by atoms with Crippen LogP contribution in [0.1, 0.15) is 39.2 Å². The number of rotatable bonds is 3. The zero-order valence-electron chi connectivity index (χ0n) is 19.8. The number of hydrogen-bond acceptors (Lipinski definition) is 4. The number of carbonyl (C=O) groups is 1. The van der Waals surface area contributed by atoms with Gasteiger partial charge in [0, 0.05) is 22.6 Å². The van der Waals surface area contributed by atoms with Crippen molar-refractivity contribution in [2.24, 2.45) is 10.1 Å². The van der Waals surface area contributed by atoms with Crippen LogP contribution in [0.4, 0.5) is 0 Å². The highest BCUT2D eigenvalue weighted by molar-refractivity contribution is 8.27. The number of amidine groups is 2. The number of thioether (sulfide) groups is 1. The van der Waals surface area contributed by atoms with Crippen LogP contribution in [-0.4, -0.2) is 31.5 Å². The molecule has 0 atom stereocenters. The van der Waals surface area contributed by atoms with Crippen molar-refractivity contribution in [2.75, 3.05) is 0 Å². The third kappa shape index (κ3) is 3.53. The fourth-order valence-electron chi connectivity index (χ4n) is 4.35. The normalized spacial score (nSPS) is 16.7. The first kappa shape index (κ1) is 22.1. The number of amides is 1. The highest BCUT2D eigenvalue weighted by Gasteiger charge is 2.36. The van der Waals surface area contributed by atoms with E-state index in [2.05, 4.69) is 53.6 Å². The molecule has 0 radical (unpaired) electrons. The van der Waals surface area contributed by atoms with Gasteiger partial charge in [-0.1, -0.05) is 36.4 Å². The molecule has 0 aliphatic carbocycles. The van der Waals surface area contributed by atoms with Crippen LogP contribution in [0.25, 0.3) is 11.8 Å². The van der Waals surface area contributed by atoms with Crippen LogP contribution in [0.5, 0.6) is 0 Å². The van der Waals surface area contributed by atoms with Gasteiger partial charge in [0.25, 0.3) is 5.91 Å². The van der Waals surface area contributed by atoms with Crippen LogP contribution in [0.15, 0.2) is 64.2 Å². The second kappa shape index (κ2) is 8.25. The number of hydrazone groups is 1. The lowest BCUT2D eigenvalue weighted by Gasteiger charge is -2.20. The van der Waals surface area contributed by atoms with Crippen molar-refractivity contribution in [1.29, 1.82) is 5.41 Å². The average Bonchev–Trinajstić information content (AvgIpc) is 3.34. The summed E-state index contributed by atoms with van der Waals surface area (Å²) in [5.74, 6) is -0.371. The molecular formula is C27H25N5OS. The number of aryl methyl sites for hydroxylation is 3. The summed E-state index contributed by atoms with van der Waals surface area (Å²) in [6.45, 7) is 10.3. The Labute approximate surface area is 203 Å². The third-order valence-corrected chi connectivity index (χ3v) is 7.36. The zero-order chi connectivity index (χ0) is 24.1. The molecule has 0 saturated carbocycles. The Bertz CT molecular complexity index is 1470. The zero-order valence-corrected chi connectivity index (χ0v) is 20.6. The summed E-state index contributed by atoms with van der Waals surface area (Å²) in [6.07, 6.45) is 1.76. The van der Waals surface area contributed by atoms with E-state index in [9.17, 15) is 4.79 Å². The summed E-state index contributed by atoms with van der Waals surface area (Å²) < 4.78 is 2.19. The van der Waals surface area contributed by atoms with Crippen molar-refractivity contribution in [2.45, 2.75) is 34.6 Å². The molecular weight excluding hydrogens is 442 g/mol. The number of hydrogen-bond donors (Lipinski definition) is 1. The smallest absolute Gasteiger partial charge is 0.283 e. The number of nitrogens with one attached hydrogen (secondary N) is 1. The maximum atomic E-state index is 12.9. The minimum absolute atomic E-state index is 0.0441. The lowest BCUT2D eigenvalue weighted by atomic mass is 10.1. The maximum Gasteiger partial charge on any atom is 0.283 e. The van der Waals surface area contributed by atoms with Crippen molar-refractivity contribution in [3.8, 4) is 5.69 Å². The van der Waals surface area contributed by atoms with E-state index in [0.717, 1.165) is 38.8 Å². The van der Waals surface area contributed by atoms with Crippen LogP contribution >= 0.6 is 11.8 Å². The van der Waals surface area contributed by atoms with Crippen molar-refractivity contribution < 1.29 is 4.79 Å². The fourth-order valence-corrected chi connectivity index (χ4v) is 5.33. The Hall–Kier alpha value is -3.71. The van der Waals surface area contributed by atoms with E-state index < -0.39 is 5.91 Å². The molecule has 0 spiro atoms. The standard InChI is InChI=1S/C27H25N5OS/c1-15-10-8-12-23(18(15)4)31-17(3)13-20(19(31)5)14-22-24(28)32-27(29-25(22)33)34-26(30-32)21-11-7-6-9-16(21)2/h6-14,28H,1-5H3. The van der Waals surface area contributed by atoms with Gasteiger partial charge in [-0.3, -0.25) is 10.2 Å². The minimum atomic E-state index is -0.415. The lowest BCUT2D eigenvalue weighted by molar-refractivity contribution is -0.114. The molecule has 170 valence electrons. The summed E-state index contributed by atoms with van der Waals surface area (Å²) in [4.78, 5) is 17.2. The number of fused-ring (bicyclic) bond motifs is 1. The van der Waals surface area contributed by atoms with E-state index >= 15 is 0 Å². The quantitative estimate of drug-likeness (QED) is 0.503. The molecule has 0 fully saturated rings. The largest absolute Gasteiger partial charge is 0.318 e. The van der Waals surface area contributed by atoms with Gasteiger partial charge in [0.15, 0.2) is 5.84 Å². The van der Waals surface area contributed by atoms with Gasteiger partial charge in [0.05, 0.1) is 5.57 Å². The Balaban J connectivity index is 1.54. The molecule has 0 unspecified atom stereocenters. The molecule has 0 bridgehead atoms. The van der Waals surface area contributed by atoms with Gasteiger partial charge in [-0.15, -0.1) is 0 Å². The van der Waals surface area contributed by atoms with Gasteiger partial charge in [-0.2, -0.15) is 15.1 Å². The van der Waals surface area contributed by atoms with Crippen LogP contribution in [-0.2, 0) is 4.79 Å². The van der Waals surface area contributed by atoms with Gasteiger partial charge in [0.1, 0.15) is 5.04 Å². The van der Waals surface area contributed by atoms with E-state index in [1.54, 1.807) is 6.08 Å². The van der Waals surface area contributed by atoms with Crippen LogP contribution < -0.4 is 0 Å². The number of carbonyl (C=O) groups excluding carboxylic acids is 1. The highest BCUT2D eigenvalue weighted by atomic mass is 32.2. The molecule has 3 aromatic rings. The van der Waals surface area contributed by atoms with Crippen LogP contribution in [0, 0.1) is 40.0 Å². The summed E-state index contributed by atoms with van der Waals surface area (Å²) in [5, 5.41) is 16.0. The molecule has 34 heavy (non-hydrogen) atoms. The summed E-state index contributed by atoms with van der Waals surface area (Å²) in [5.41, 5.74) is 8.82. The summed E-state index contributed by atoms with van der Waals surface area (Å²) in [7, 11) is 0. The molecule has 3 heterocycles. The van der Waals surface area contributed by atoms with Crippen LogP contribution in [0.3, 0.4) is 0 Å². The van der Waals surface area contributed by atoms with Crippen LogP contribution in [0.2, 0.25) is 0 Å². The van der Waals surface area contributed by atoms with Gasteiger partial charge in [-0.05, 0) is 86.8 Å². The number of aromatic nitrogens is 1. The third-order valence-electron chi connectivity index (χ3n) is 6.42. The van der Waals surface area contributed by atoms with E-state index in [4.69, 9.17) is 5.41 Å². The molecule has 1 aromatic heterocycles. The second-order valence-corrected chi connectivity index (χ2v) is 9.58. The molecule has 0 saturated heterocycles. The Morgan fingerprint density at radius 1 is 0.971 bits per heavy atom. The first-order valence-electron chi connectivity index (χ1n) is 11.1. The fraction of sp³-hybridized carbons (Fsp3) is 0.185. The van der Waals surface area contributed by atoms with Gasteiger partial charge in [0.2, 0.25) is 5.17 Å². The molecule has 1 N–H and O–H groups in total.